The minimum absolute atomic E-state index is 0.0627. The Kier molecular flexibility index (Phi) is 5.81. The van der Waals surface area contributed by atoms with E-state index in [1.165, 1.54) is 18.3 Å². The van der Waals surface area contributed by atoms with Crippen LogP contribution in [0.25, 0.3) is 0 Å². The molecule has 0 unspecified atom stereocenters. The highest BCUT2D eigenvalue weighted by Gasteiger charge is 2.31. The van der Waals surface area contributed by atoms with Gasteiger partial charge in [-0.1, -0.05) is 6.07 Å². The monoisotopic (exact) mass is 440 g/mol. The van der Waals surface area contributed by atoms with Gasteiger partial charge in [-0.2, -0.15) is 0 Å². The third-order valence-electron chi connectivity index (χ3n) is 3.80. The van der Waals surface area contributed by atoms with Crippen LogP contribution in [0.1, 0.15) is 10.4 Å². The van der Waals surface area contributed by atoms with E-state index in [-0.39, 0.29) is 22.8 Å². The molecule has 0 aliphatic rings. The quantitative estimate of drug-likeness (QED) is 0.505. The third kappa shape index (κ3) is 5.29. The second-order valence-corrected chi connectivity index (χ2v) is 6.00. The number of rotatable bonds is 5. The van der Waals surface area contributed by atoms with E-state index in [9.17, 15) is 26.7 Å². The van der Waals surface area contributed by atoms with Gasteiger partial charge < -0.3 is 26.3 Å². The second kappa shape index (κ2) is 8.34. The van der Waals surface area contributed by atoms with E-state index >= 15 is 0 Å². The Balaban J connectivity index is 1.85. The van der Waals surface area contributed by atoms with Crippen molar-refractivity contribution in [2.75, 3.05) is 16.8 Å². The number of nitrogens with two attached hydrogens (primary N) is 2. The first-order valence-corrected chi connectivity index (χ1v) is 8.37. The fourth-order valence-electron chi connectivity index (χ4n) is 2.41. The lowest BCUT2D eigenvalue weighted by molar-refractivity contribution is -0.274. The standard InChI is InChI=1S/C19H13F5N4O3/c20-11-7-12(21)15(30-14-4-5-27-17(26)16(14)25)8-13(11)28-18(29)9-2-1-3-10(6-9)31-19(22,23)24/h1-8H,25H2,(H2,26,27)(H,28,29). The van der Waals surface area contributed by atoms with Crippen LogP contribution in [0.15, 0.2) is 48.7 Å². The zero-order valence-corrected chi connectivity index (χ0v) is 15.3. The van der Waals surface area contributed by atoms with Gasteiger partial charge in [-0.15, -0.1) is 13.2 Å². The van der Waals surface area contributed by atoms with Gasteiger partial charge in [-0.05, 0) is 18.2 Å². The van der Waals surface area contributed by atoms with Gasteiger partial charge in [0.15, 0.2) is 17.3 Å². The number of aromatic nitrogens is 1. The molecule has 2 aromatic carbocycles. The van der Waals surface area contributed by atoms with Gasteiger partial charge in [-0.3, -0.25) is 4.79 Å². The Hall–Kier alpha value is -4.09. The van der Waals surface area contributed by atoms with Gasteiger partial charge in [0.1, 0.15) is 23.1 Å². The number of nitrogens with zero attached hydrogens (tertiary/aromatic N) is 1. The Morgan fingerprint density at radius 1 is 1.00 bits per heavy atom. The number of amides is 1. The number of alkyl halides is 3. The van der Waals surface area contributed by atoms with Crippen molar-refractivity contribution >= 4 is 23.1 Å². The lowest BCUT2D eigenvalue weighted by Crippen LogP contribution is -2.18. The molecule has 0 bridgehead atoms. The molecule has 1 heterocycles. The highest BCUT2D eigenvalue weighted by molar-refractivity contribution is 6.04. The Morgan fingerprint density at radius 3 is 2.45 bits per heavy atom. The number of nitrogens with one attached hydrogen (secondary N) is 1. The number of carbonyl (C=O) groups excluding carboxylic acids is 1. The zero-order valence-electron chi connectivity index (χ0n) is 15.3. The number of pyridine rings is 1. The normalized spacial score (nSPS) is 11.1. The van der Waals surface area contributed by atoms with Gasteiger partial charge in [-0.25, -0.2) is 13.8 Å². The predicted molar refractivity (Wildman–Crippen MR) is 101 cm³/mol. The number of halogens is 5. The summed E-state index contributed by atoms with van der Waals surface area (Å²) < 4.78 is 74.4. The number of anilines is 3. The maximum Gasteiger partial charge on any atom is 0.573 e. The van der Waals surface area contributed by atoms with Gasteiger partial charge in [0.2, 0.25) is 0 Å². The van der Waals surface area contributed by atoms with Crippen molar-refractivity contribution in [1.29, 1.82) is 0 Å². The fourth-order valence-corrected chi connectivity index (χ4v) is 2.41. The third-order valence-corrected chi connectivity index (χ3v) is 3.80. The molecule has 162 valence electrons. The summed E-state index contributed by atoms with van der Waals surface area (Å²) in [6.07, 6.45) is -3.70. The highest BCUT2D eigenvalue weighted by atomic mass is 19.4. The molecule has 0 aliphatic heterocycles. The van der Waals surface area contributed by atoms with Crippen LogP contribution in [0, 0.1) is 11.6 Å². The van der Waals surface area contributed by atoms with Gasteiger partial charge in [0.25, 0.3) is 5.91 Å². The minimum Gasteiger partial charge on any atom is -0.452 e. The molecular formula is C19H13F5N4O3. The van der Waals surface area contributed by atoms with Crippen molar-refractivity contribution in [2.24, 2.45) is 0 Å². The summed E-state index contributed by atoms with van der Waals surface area (Å²) in [5.74, 6) is -4.51. The maximum absolute atomic E-state index is 14.2. The van der Waals surface area contributed by atoms with Crippen LogP contribution in [0.3, 0.4) is 0 Å². The molecule has 0 atom stereocenters. The van der Waals surface area contributed by atoms with Crippen LogP contribution < -0.4 is 26.3 Å². The first-order valence-electron chi connectivity index (χ1n) is 8.37. The molecule has 0 saturated carbocycles. The molecule has 3 aromatic rings. The van der Waals surface area contributed by atoms with E-state index in [0.29, 0.717) is 6.07 Å². The van der Waals surface area contributed by atoms with E-state index in [2.05, 4.69) is 15.0 Å². The number of carbonyl (C=O) groups is 1. The Labute approximate surface area is 171 Å². The number of hydrogen-bond donors (Lipinski definition) is 3. The van der Waals surface area contributed by atoms with Crippen LogP contribution in [0.5, 0.6) is 17.2 Å². The summed E-state index contributed by atoms with van der Waals surface area (Å²) in [6.45, 7) is 0. The summed E-state index contributed by atoms with van der Waals surface area (Å²) in [7, 11) is 0. The topological polar surface area (TPSA) is 112 Å². The molecule has 1 amide bonds. The molecule has 3 rings (SSSR count). The zero-order chi connectivity index (χ0) is 22.8. The van der Waals surface area contributed by atoms with Crippen LogP contribution in [-0.4, -0.2) is 17.3 Å². The van der Waals surface area contributed by atoms with Gasteiger partial charge in [0, 0.05) is 30.0 Å². The second-order valence-electron chi connectivity index (χ2n) is 6.00. The van der Waals surface area contributed by atoms with E-state index in [0.717, 1.165) is 24.3 Å². The first-order chi connectivity index (χ1) is 14.5. The van der Waals surface area contributed by atoms with Crippen LogP contribution in [-0.2, 0) is 0 Å². The number of benzene rings is 2. The molecule has 31 heavy (non-hydrogen) atoms. The summed E-state index contributed by atoms with van der Waals surface area (Å²) in [4.78, 5) is 16.1. The average Bonchev–Trinajstić information content (AvgIpc) is 2.67. The molecule has 0 saturated heterocycles. The van der Waals surface area contributed by atoms with Crippen LogP contribution >= 0.6 is 0 Å². The molecule has 0 radical (unpaired) electrons. The molecule has 7 nitrogen and oxygen atoms in total. The molecule has 1 aromatic heterocycles. The largest absolute Gasteiger partial charge is 0.573 e. The fraction of sp³-hybridized carbons (Fsp3) is 0.0526. The van der Waals surface area contributed by atoms with Crippen molar-refractivity contribution in [1.82, 2.24) is 4.98 Å². The summed E-state index contributed by atoms with van der Waals surface area (Å²) in [5, 5.41) is 2.13. The highest BCUT2D eigenvalue weighted by Crippen LogP contribution is 2.34. The molecule has 5 N–H and O–H groups in total. The lowest BCUT2D eigenvalue weighted by atomic mass is 10.2. The predicted octanol–water partition coefficient (Wildman–Crippen LogP) is 4.47. The molecule has 0 fully saturated rings. The first kappa shape index (κ1) is 21.6. The number of nitrogen functional groups attached to an aromatic ring is 2. The van der Waals surface area contributed by atoms with Crippen molar-refractivity contribution in [3.8, 4) is 17.2 Å². The van der Waals surface area contributed by atoms with Gasteiger partial charge >= 0.3 is 6.36 Å². The molecule has 12 heteroatoms. The van der Waals surface area contributed by atoms with E-state index in [1.54, 1.807) is 0 Å². The van der Waals surface area contributed by atoms with Crippen molar-refractivity contribution in [3.63, 3.8) is 0 Å². The molecule has 0 spiro atoms. The molecular weight excluding hydrogens is 427 g/mol. The number of ether oxygens (including phenoxy) is 2. The summed E-state index contributed by atoms with van der Waals surface area (Å²) in [5.41, 5.74) is 10.4. The van der Waals surface area contributed by atoms with Gasteiger partial charge in [0.05, 0.1) is 5.69 Å². The maximum atomic E-state index is 14.2. The van der Waals surface area contributed by atoms with Crippen LogP contribution in [0.2, 0.25) is 0 Å². The minimum atomic E-state index is -4.96. The van der Waals surface area contributed by atoms with Crippen molar-refractivity contribution in [2.45, 2.75) is 6.36 Å². The van der Waals surface area contributed by atoms with Crippen LogP contribution in [0.4, 0.5) is 39.1 Å². The number of hydrogen-bond acceptors (Lipinski definition) is 6. The Bertz CT molecular complexity index is 1140. The van der Waals surface area contributed by atoms with E-state index < -0.39 is 41.1 Å². The van der Waals surface area contributed by atoms with Crippen molar-refractivity contribution in [3.05, 3.63) is 65.9 Å². The average molecular weight is 440 g/mol. The van der Waals surface area contributed by atoms with E-state index in [4.69, 9.17) is 16.2 Å². The van der Waals surface area contributed by atoms with Crippen molar-refractivity contribution < 1.29 is 36.2 Å². The smallest absolute Gasteiger partial charge is 0.452 e. The summed E-state index contributed by atoms with van der Waals surface area (Å²) in [6, 6.07) is 6.70. The SMILES string of the molecule is Nc1nccc(Oc2cc(NC(=O)c3cccc(OC(F)(F)F)c3)c(F)cc2F)c1N. The lowest BCUT2D eigenvalue weighted by Gasteiger charge is -2.13. The molecule has 0 aliphatic carbocycles. The Morgan fingerprint density at radius 2 is 1.74 bits per heavy atom. The summed E-state index contributed by atoms with van der Waals surface area (Å²) >= 11 is 0. The van der Waals surface area contributed by atoms with E-state index in [1.807, 2.05) is 0 Å².